The summed E-state index contributed by atoms with van der Waals surface area (Å²) in [6.07, 6.45) is 3.06. The maximum atomic E-state index is 10.6. The van der Waals surface area contributed by atoms with Crippen LogP contribution in [0.25, 0.3) is 0 Å². The molecule has 0 aliphatic carbocycles. The van der Waals surface area contributed by atoms with Crippen LogP contribution < -0.4 is 4.74 Å². The van der Waals surface area contributed by atoms with Crippen molar-refractivity contribution in [3.63, 3.8) is 0 Å². The average Bonchev–Trinajstić information content (AvgIpc) is 2.52. The molecule has 2 aromatic carbocycles. The van der Waals surface area contributed by atoms with E-state index in [1.807, 2.05) is 24.3 Å². The van der Waals surface area contributed by atoms with Crippen molar-refractivity contribution in [2.75, 3.05) is 7.11 Å². The third kappa shape index (κ3) is 4.24. The monoisotopic (exact) mass is 283 g/mol. The molecule has 0 bridgehead atoms. The van der Waals surface area contributed by atoms with E-state index >= 15 is 0 Å². The van der Waals surface area contributed by atoms with Gasteiger partial charge in [0.15, 0.2) is 0 Å². The van der Waals surface area contributed by atoms with Gasteiger partial charge in [-0.1, -0.05) is 12.1 Å². The number of nitro benzene ring substituents is 1. The van der Waals surface area contributed by atoms with Crippen LogP contribution in [0.5, 0.6) is 5.75 Å². The number of nitro groups is 1. The van der Waals surface area contributed by atoms with E-state index < -0.39 is 4.92 Å². The smallest absolute Gasteiger partial charge is 0.270 e. The van der Waals surface area contributed by atoms with Gasteiger partial charge in [-0.2, -0.15) is 10.2 Å². The quantitative estimate of drug-likeness (QED) is 0.480. The van der Waals surface area contributed by atoms with E-state index in [4.69, 9.17) is 4.74 Å². The summed E-state index contributed by atoms with van der Waals surface area (Å²) in [7, 11) is 1.60. The maximum absolute atomic E-state index is 10.6. The van der Waals surface area contributed by atoms with Crippen LogP contribution in [0.1, 0.15) is 11.1 Å². The van der Waals surface area contributed by atoms with E-state index in [0.29, 0.717) is 5.56 Å². The Hall–Kier alpha value is -3.02. The topological polar surface area (TPSA) is 77.1 Å². The second-order valence-corrected chi connectivity index (χ2v) is 4.11. The van der Waals surface area contributed by atoms with Crippen molar-refractivity contribution in [3.05, 3.63) is 69.8 Å². The highest BCUT2D eigenvalue weighted by molar-refractivity contribution is 5.83. The predicted octanol–water partition coefficient (Wildman–Crippen LogP) is 3.06. The van der Waals surface area contributed by atoms with Gasteiger partial charge in [0.05, 0.1) is 24.5 Å². The SMILES string of the molecule is COc1ccc(/C=N/N=C/c2cccc([N+](=O)[O-])c2)cc1. The van der Waals surface area contributed by atoms with Crippen molar-refractivity contribution in [2.45, 2.75) is 0 Å². The number of non-ortho nitro benzene ring substituents is 1. The number of nitrogens with zero attached hydrogens (tertiary/aromatic N) is 3. The van der Waals surface area contributed by atoms with Crippen LogP contribution in [0.3, 0.4) is 0 Å². The zero-order chi connectivity index (χ0) is 15.1. The summed E-state index contributed by atoms with van der Waals surface area (Å²) >= 11 is 0. The molecule has 0 saturated carbocycles. The molecular weight excluding hydrogens is 270 g/mol. The first-order chi connectivity index (χ1) is 10.2. The zero-order valence-electron chi connectivity index (χ0n) is 11.3. The first-order valence-electron chi connectivity index (χ1n) is 6.14. The molecule has 0 radical (unpaired) electrons. The van der Waals surface area contributed by atoms with Crippen LogP contribution in [-0.4, -0.2) is 24.5 Å². The third-order valence-corrected chi connectivity index (χ3v) is 2.68. The van der Waals surface area contributed by atoms with Crippen LogP contribution in [0.4, 0.5) is 5.69 Å². The maximum Gasteiger partial charge on any atom is 0.270 e. The molecule has 0 N–H and O–H groups in total. The van der Waals surface area contributed by atoms with Gasteiger partial charge in [-0.3, -0.25) is 10.1 Å². The number of methoxy groups -OCH3 is 1. The number of ether oxygens (including phenoxy) is 1. The van der Waals surface area contributed by atoms with Gasteiger partial charge in [0.1, 0.15) is 5.75 Å². The molecule has 0 heterocycles. The molecule has 0 atom stereocenters. The van der Waals surface area contributed by atoms with E-state index in [1.54, 1.807) is 25.5 Å². The lowest BCUT2D eigenvalue weighted by Gasteiger charge is -1.97. The standard InChI is InChI=1S/C15H13N3O3/c1-21-15-7-5-12(6-8-15)10-16-17-11-13-3-2-4-14(9-13)18(19)20/h2-11H,1H3/b16-10+,17-11+. The summed E-state index contributed by atoms with van der Waals surface area (Å²) in [5.41, 5.74) is 1.53. The molecule has 0 amide bonds. The molecule has 2 rings (SSSR count). The minimum Gasteiger partial charge on any atom is -0.497 e. The van der Waals surface area contributed by atoms with Crippen LogP contribution in [0, 0.1) is 10.1 Å². The summed E-state index contributed by atoms with van der Waals surface area (Å²) in [6.45, 7) is 0. The van der Waals surface area contributed by atoms with Crippen molar-refractivity contribution >= 4 is 18.1 Å². The summed E-state index contributed by atoms with van der Waals surface area (Å²) in [4.78, 5) is 10.2. The summed E-state index contributed by atoms with van der Waals surface area (Å²) in [6, 6.07) is 13.5. The van der Waals surface area contributed by atoms with Crippen LogP contribution in [0.15, 0.2) is 58.7 Å². The lowest BCUT2D eigenvalue weighted by molar-refractivity contribution is -0.384. The molecule has 0 spiro atoms. The fourth-order valence-electron chi connectivity index (χ4n) is 1.61. The van der Waals surface area contributed by atoms with Crippen molar-refractivity contribution in [2.24, 2.45) is 10.2 Å². The van der Waals surface area contributed by atoms with E-state index in [2.05, 4.69) is 10.2 Å². The number of rotatable bonds is 5. The zero-order valence-corrected chi connectivity index (χ0v) is 11.3. The van der Waals surface area contributed by atoms with Gasteiger partial charge in [0.2, 0.25) is 0 Å². The van der Waals surface area contributed by atoms with Gasteiger partial charge >= 0.3 is 0 Å². The first-order valence-corrected chi connectivity index (χ1v) is 6.14. The van der Waals surface area contributed by atoms with Crippen molar-refractivity contribution < 1.29 is 9.66 Å². The number of hydrogen-bond donors (Lipinski definition) is 0. The number of hydrogen-bond acceptors (Lipinski definition) is 5. The van der Waals surface area contributed by atoms with E-state index in [9.17, 15) is 10.1 Å². The fraction of sp³-hybridized carbons (Fsp3) is 0.0667. The first kappa shape index (κ1) is 14.4. The van der Waals surface area contributed by atoms with Crippen molar-refractivity contribution in [1.29, 1.82) is 0 Å². The lowest BCUT2D eigenvalue weighted by atomic mass is 10.2. The van der Waals surface area contributed by atoms with Crippen molar-refractivity contribution in [3.8, 4) is 5.75 Å². The highest BCUT2D eigenvalue weighted by Crippen LogP contribution is 2.12. The minimum absolute atomic E-state index is 0.0260. The van der Waals surface area contributed by atoms with Gasteiger partial charge in [-0.05, 0) is 29.8 Å². The molecule has 0 fully saturated rings. The molecule has 2 aromatic rings. The summed E-state index contributed by atoms with van der Waals surface area (Å²) in [5, 5.41) is 18.4. The molecule has 21 heavy (non-hydrogen) atoms. The normalized spacial score (nSPS) is 11.1. The fourth-order valence-corrected chi connectivity index (χ4v) is 1.61. The molecule has 0 unspecified atom stereocenters. The van der Waals surface area contributed by atoms with Crippen LogP contribution >= 0.6 is 0 Å². The molecule has 0 aliphatic rings. The Kier molecular flexibility index (Phi) is 4.76. The largest absolute Gasteiger partial charge is 0.497 e. The Balaban J connectivity index is 2.02. The molecule has 106 valence electrons. The van der Waals surface area contributed by atoms with Gasteiger partial charge in [0.25, 0.3) is 5.69 Å². The van der Waals surface area contributed by atoms with Gasteiger partial charge in [0, 0.05) is 17.7 Å². The molecule has 6 nitrogen and oxygen atoms in total. The molecule has 0 aliphatic heterocycles. The molecule has 0 aromatic heterocycles. The Morgan fingerprint density at radius 1 is 1.05 bits per heavy atom. The Morgan fingerprint density at radius 3 is 2.33 bits per heavy atom. The van der Waals surface area contributed by atoms with Gasteiger partial charge < -0.3 is 4.74 Å². The summed E-state index contributed by atoms with van der Waals surface area (Å²) in [5.74, 6) is 0.771. The molecule has 6 heteroatoms. The Labute approximate surface area is 121 Å². The highest BCUT2D eigenvalue weighted by atomic mass is 16.6. The van der Waals surface area contributed by atoms with E-state index in [1.165, 1.54) is 18.3 Å². The van der Waals surface area contributed by atoms with Crippen molar-refractivity contribution in [1.82, 2.24) is 0 Å². The van der Waals surface area contributed by atoms with E-state index in [0.717, 1.165) is 11.3 Å². The van der Waals surface area contributed by atoms with Crippen LogP contribution in [0.2, 0.25) is 0 Å². The molecule has 0 saturated heterocycles. The van der Waals surface area contributed by atoms with E-state index in [-0.39, 0.29) is 5.69 Å². The predicted molar refractivity (Wildman–Crippen MR) is 81.3 cm³/mol. The second-order valence-electron chi connectivity index (χ2n) is 4.11. The van der Waals surface area contributed by atoms with Crippen LogP contribution in [-0.2, 0) is 0 Å². The highest BCUT2D eigenvalue weighted by Gasteiger charge is 2.03. The number of benzene rings is 2. The van der Waals surface area contributed by atoms with Gasteiger partial charge in [-0.15, -0.1) is 0 Å². The third-order valence-electron chi connectivity index (χ3n) is 2.68. The van der Waals surface area contributed by atoms with Gasteiger partial charge in [-0.25, -0.2) is 0 Å². The summed E-state index contributed by atoms with van der Waals surface area (Å²) < 4.78 is 5.05. The lowest BCUT2D eigenvalue weighted by Crippen LogP contribution is -1.89. The second kappa shape index (κ2) is 6.95. The average molecular weight is 283 g/mol. The minimum atomic E-state index is -0.446. The Bertz CT molecular complexity index is 679. The Morgan fingerprint density at radius 2 is 1.71 bits per heavy atom. The molecular formula is C15H13N3O3.